The maximum Gasteiger partial charge on any atom is 0.408 e. The molecule has 4 N–H and O–H groups in total. The molecule has 0 aliphatic heterocycles. The average Bonchev–Trinajstić information content (AvgIpc) is 2.90. The second-order valence-corrected chi connectivity index (χ2v) is 12.0. The topological polar surface area (TPSA) is 160 Å². The second-order valence-electron chi connectivity index (χ2n) is 10.5. The minimum Gasteiger partial charge on any atom is -0.508 e. The Balaban J connectivity index is 2.27. The number of amides is 3. The summed E-state index contributed by atoms with van der Waals surface area (Å²) in [5.41, 5.74) is 0.594. The number of hydrogen-bond acceptors (Lipinski definition) is 8. The highest BCUT2D eigenvalue weighted by molar-refractivity contribution is 7.84. The van der Waals surface area contributed by atoms with E-state index in [2.05, 4.69) is 16.0 Å². The zero-order valence-corrected chi connectivity index (χ0v) is 24.8. The number of phenolic OH excluding ortho intramolecular Hbond substituents is 1. The van der Waals surface area contributed by atoms with Gasteiger partial charge in [-0.2, -0.15) is 0 Å². The number of esters is 1. The van der Waals surface area contributed by atoms with Crippen LogP contribution in [-0.2, 0) is 47.5 Å². The Morgan fingerprint density at radius 1 is 0.829 bits per heavy atom. The molecule has 0 heterocycles. The monoisotopic (exact) mass is 589 g/mol. The van der Waals surface area contributed by atoms with Crippen LogP contribution in [0.15, 0.2) is 54.6 Å². The molecule has 1 unspecified atom stereocenters. The zero-order valence-electron chi connectivity index (χ0n) is 24.0. The largest absolute Gasteiger partial charge is 0.508 e. The highest BCUT2D eigenvalue weighted by atomic mass is 32.2. The molecule has 2 rings (SSSR count). The molecule has 3 amide bonds. The van der Waals surface area contributed by atoms with Crippen molar-refractivity contribution in [2.24, 2.45) is 0 Å². The van der Waals surface area contributed by atoms with Crippen LogP contribution < -0.4 is 16.0 Å². The molecule has 224 valence electrons. The van der Waals surface area contributed by atoms with Crippen LogP contribution in [0.2, 0.25) is 0 Å². The van der Waals surface area contributed by atoms with Crippen molar-refractivity contribution in [3.8, 4) is 5.75 Å². The molecule has 0 spiro atoms. The van der Waals surface area contributed by atoms with Crippen molar-refractivity contribution in [1.29, 1.82) is 0 Å². The third-order valence-electron chi connectivity index (χ3n) is 5.80. The Morgan fingerprint density at radius 3 is 1.93 bits per heavy atom. The SMILES string of the molecule is COC(=O)[C@H](Cc1ccccc1)NC(=O)[C@@H](CCS(C)=O)NC(=O)[C@H](Cc1ccc(O)cc1)NC(=O)OC(C)(C)C. The Bertz CT molecular complexity index is 1200. The smallest absolute Gasteiger partial charge is 0.408 e. The van der Waals surface area contributed by atoms with E-state index in [0.717, 1.165) is 5.56 Å². The molecule has 4 atom stereocenters. The van der Waals surface area contributed by atoms with Gasteiger partial charge in [0.1, 0.15) is 29.5 Å². The number of aromatic hydroxyl groups is 1. The van der Waals surface area contributed by atoms with Gasteiger partial charge in [-0.1, -0.05) is 42.5 Å². The van der Waals surface area contributed by atoms with Gasteiger partial charge in [-0.05, 0) is 50.5 Å². The van der Waals surface area contributed by atoms with Gasteiger partial charge in [-0.3, -0.25) is 13.8 Å². The van der Waals surface area contributed by atoms with Crippen LogP contribution in [0.5, 0.6) is 5.75 Å². The van der Waals surface area contributed by atoms with Crippen LogP contribution in [0.1, 0.15) is 38.3 Å². The van der Waals surface area contributed by atoms with E-state index >= 15 is 0 Å². The number of hydrogen-bond donors (Lipinski definition) is 4. The van der Waals surface area contributed by atoms with E-state index in [4.69, 9.17) is 9.47 Å². The predicted molar refractivity (Wildman–Crippen MR) is 155 cm³/mol. The van der Waals surface area contributed by atoms with E-state index in [9.17, 15) is 28.5 Å². The molecule has 12 heteroatoms. The lowest BCUT2D eigenvalue weighted by atomic mass is 10.0. The lowest BCUT2D eigenvalue weighted by molar-refractivity contribution is -0.145. The minimum atomic E-state index is -1.27. The van der Waals surface area contributed by atoms with Crippen LogP contribution in [0.25, 0.3) is 0 Å². The van der Waals surface area contributed by atoms with Crippen LogP contribution in [-0.4, -0.2) is 76.0 Å². The van der Waals surface area contributed by atoms with Gasteiger partial charge >= 0.3 is 12.1 Å². The summed E-state index contributed by atoms with van der Waals surface area (Å²) in [7, 11) is -0.0629. The van der Waals surface area contributed by atoms with E-state index in [1.807, 2.05) is 6.07 Å². The van der Waals surface area contributed by atoms with Crippen molar-refractivity contribution in [2.45, 2.75) is 63.8 Å². The van der Waals surface area contributed by atoms with E-state index in [1.165, 1.54) is 25.5 Å². The summed E-state index contributed by atoms with van der Waals surface area (Å²) in [5.74, 6) is -1.89. The first-order valence-corrected chi connectivity index (χ1v) is 14.8. The van der Waals surface area contributed by atoms with Crippen LogP contribution in [0, 0.1) is 0 Å². The maximum absolute atomic E-state index is 13.5. The summed E-state index contributed by atoms with van der Waals surface area (Å²) in [5, 5.41) is 17.4. The quantitative estimate of drug-likeness (QED) is 0.258. The fourth-order valence-corrected chi connectivity index (χ4v) is 4.38. The third-order valence-corrected chi connectivity index (χ3v) is 6.61. The predicted octanol–water partition coefficient (Wildman–Crippen LogP) is 1.98. The number of carbonyl (C=O) groups is 4. The summed E-state index contributed by atoms with van der Waals surface area (Å²) in [4.78, 5) is 51.9. The molecule has 0 saturated carbocycles. The van der Waals surface area contributed by atoms with E-state index in [-0.39, 0.29) is 30.8 Å². The average molecular weight is 590 g/mol. The highest BCUT2D eigenvalue weighted by Crippen LogP contribution is 2.13. The molecule has 0 radical (unpaired) electrons. The summed E-state index contributed by atoms with van der Waals surface area (Å²) >= 11 is 0. The molecule has 0 aliphatic carbocycles. The fourth-order valence-electron chi connectivity index (χ4n) is 3.81. The van der Waals surface area contributed by atoms with Crippen LogP contribution >= 0.6 is 0 Å². The number of phenols is 1. The number of ether oxygens (including phenoxy) is 2. The molecular weight excluding hydrogens is 550 g/mol. The first-order valence-electron chi connectivity index (χ1n) is 13.1. The lowest BCUT2D eigenvalue weighted by Gasteiger charge is -2.26. The van der Waals surface area contributed by atoms with E-state index < -0.39 is 58.4 Å². The van der Waals surface area contributed by atoms with Gasteiger partial charge in [0, 0.05) is 35.6 Å². The number of benzene rings is 2. The van der Waals surface area contributed by atoms with Crippen molar-refractivity contribution >= 4 is 34.7 Å². The van der Waals surface area contributed by atoms with Gasteiger partial charge in [0.2, 0.25) is 11.8 Å². The van der Waals surface area contributed by atoms with E-state index in [1.54, 1.807) is 57.2 Å². The number of nitrogens with one attached hydrogen (secondary N) is 3. The van der Waals surface area contributed by atoms with Gasteiger partial charge in [0.15, 0.2) is 0 Å². The Hall–Kier alpha value is -3.93. The van der Waals surface area contributed by atoms with Gasteiger partial charge in [-0.25, -0.2) is 9.59 Å². The fraction of sp³-hybridized carbons (Fsp3) is 0.448. The van der Waals surface area contributed by atoms with Crippen molar-refractivity contribution in [3.63, 3.8) is 0 Å². The van der Waals surface area contributed by atoms with Crippen LogP contribution in [0.3, 0.4) is 0 Å². The molecular formula is C29H39N3O8S. The van der Waals surface area contributed by atoms with Gasteiger partial charge in [0.25, 0.3) is 0 Å². The molecule has 0 aromatic heterocycles. The van der Waals surface area contributed by atoms with Gasteiger partial charge in [0.05, 0.1) is 7.11 Å². The molecule has 0 aliphatic rings. The number of methoxy groups -OCH3 is 1. The number of alkyl carbamates (subject to hydrolysis) is 1. The van der Waals surface area contributed by atoms with Crippen molar-refractivity contribution in [3.05, 3.63) is 65.7 Å². The summed E-state index contributed by atoms with van der Waals surface area (Å²) in [6.45, 7) is 5.04. The maximum atomic E-state index is 13.5. The van der Waals surface area contributed by atoms with Crippen molar-refractivity contribution < 1.29 is 38.0 Å². The summed E-state index contributed by atoms with van der Waals surface area (Å²) in [6, 6.07) is 11.8. The molecule has 41 heavy (non-hydrogen) atoms. The van der Waals surface area contributed by atoms with Crippen molar-refractivity contribution in [2.75, 3.05) is 19.1 Å². The summed E-state index contributed by atoms with van der Waals surface area (Å²) in [6.07, 6.45) is 0.835. The molecule has 2 aromatic rings. The molecule has 0 saturated heterocycles. The lowest BCUT2D eigenvalue weighted by Crippen LogP contribution is -2.57. The Kier molecular flexibility index (Phi) is 12.8. The summed E-state index contributed by atoms with van der Waals surface area (Å²) < 4.78 is 22.0. The van der Waals surface area contributed by atoms with Crippen LogP contribution in [0.4, 0.5) is 4.79 Å². The number of carbonyl (C=O) groups excluding carboxylic acids is 4. The molecule has 0 bridgehead atoms. The zero-order chi connectivity index (χ0) is 30.6. The first kappa shape index (κ1) is 33.3. The highest BCUT2D eigenvalue weighted by Gasteiger charge is 2.31. The van der Waals surface area contributed by atoms with Crippen molar-refractivity contribution in [1.82, 2.24) is 16.0 Å². The van der Waals surface area contributed by atoms with Gasteiger partial charge in [-0.15, -0.1) is 0 Å². The molecule has 2 aromatic carbocycles. The number of rotatable bonds is 13. The normalized spacial score (nSPS) is 14.1. The third kappa shape index (κ3) is 12.4. The minimum absolute atomic E-state index is 0.0122. The Labute approximate surface area is 242 Å². The second kappa shape index (κ2) is 15.8. The molecule has 11 nitrogen and oxygen atoms in total. The van der Waals surface area contributed by atoms with Gasteiger partial charge < -0.3 is 30.5 Å². The molecule has 0 fully saturated rings. The Morgan fingerprint density at radius 2 is 1.37 bits per heavy atom. The standard InChI is InChI=1S/C29H39N3O8S/c1-29(2,3)40-28(37)32-23(17-20-11-13-21(33)14-12-20)26(35)30-22(15-16-41(5)38)25(34)31-24(27(36)39-4)18-19-9-7-6-8-10-19/h6-14,22-24,33H,15-18H2,1-5H3,(H,30,35)(H,31,34)(H,32,37)/t22-,23+,24+,41?/m1/s1. The van der Waals surface area contributed by atoms with E-state index in [0.29, 0.717) is 5.56 Å². The first-order chi connectivity index (χ1) is 19.3.